The van der Waals surface area contributed by atoms with E-state index < -0.39 is 12.7 Å². The summed E-state index contributed by atoms with van der Waals surface area (Å²) in [5.41, 5.74) is 1.05. The van der Waals surface area contributed by atoms with E-state index in [0.29, 0.717) is 32.0 Å². The maximum absolute atomic E-state index is 12.2. The third-order valence-corrected chi connectivity index (χ3v) is 3.70. The molecule has 0 radical (unpaired) electrons. The van der Waals surface area contributed by atoms with Crippen LogP contribution in [-0.2, 0) is 6.42 Å². The first-order valence-electron chi connectivity index (χ1n) is 7.75. The minimum atomic E-state index is -4.15. The molecule has 0 aliphatic rings. The topological polar surface area (TPSA) is 39.7 Å². The molecular formula is C16H24ClF3N4. The molecule has 1 aromatic rings. The van der Waals surface area contributed by atoms with Crippen molar-refractivity contribution >= 4 is 17.6 Å². The van der Waals surface area contributed by atoms with Crippen molar-refractivity contribution in [3.8, 4) is 0 Å². The summed E-state index contributed by atoms with van der Waals surface area (Å²) in [6.07, 6.45) is -2.80. The number of nitrogens with one attached hydrogen (secondary N) is 2. The molecule has 0 amide bonds. The summed E-state index contributed by atoms with van der Waals surface area (Å²) in [5.74, 6) is 0.625. The number of hydrogen-bond acceptors (Lipinski definition) is 2. The second kappa shape index (κ2) is 10.4. The Kier molecular flexibility index (Phi) is 8.92. The number of guanidine groups is 1. The van der Waals surface area contributed by atoms with Crippen LogP contribution in [-0.4, -0.2) is 57.3 Å². The van der Waals surface area contributed by atoms with Gasteiger partial charge in [-0.2, -0.15) is 13.2 Å². The van der Waals surface area contributed by atoms with Gasteiger partial charge in [0.15, 0.2) is 5.96 Å². The normalized spacial score (nSPS) is 12.5. The van der Waals surface area contributed by atoms with E-state index in [1.165, 1.54) is 11.9 Å². The number of aliphatic imine (C=N–C) groups is 1. The second-order valence-corrected chi connectivity index (χ2v) is 5.88. The van der Waals surface area contributed by atoms with Crippen LogP contribution < -0.4 is 10.6 Å². The van der Waals surface area contributed by atoms with Crippen LogP contribution in [0.2, 0.25) is 5.02 Å². The molecule has 1 rings (SSSR count). The second-order valence-electron chi connectivity index (χ2n) is 5.47. The van der Waals surface area contributed by atoms with Gasteiger partial charge in [-0.15, -0.1) is 0 Å². The van der Waals surface area contributed by atoms with Crippen molar-refractivity contribution in [3.63, 3.8) is 0 Å². The highest BCUT2D eigenvalue weighted by Gasteiger charge is 2.28. The maximum Gasteiger partial charge on any atom is 0.401 e. The molecule has 0 saturated carbocycles. The highest BCUT2D eigenvalue weighted by molar-refractivity contribution is 6.31. The molecule has 0 aliphatic heterocycles. The first-order valence-corrected chi connectivity index (χ1v) is 8.13. The third-order valence-electron chi connectivity index (χ3n) is 3.33. The van der Waals surface area contributed by atoms with E-state index >= 15 is 0 Å². The molecule has 0 saturated heterocycles. The fourth-order valence-electron chi connectivity index (χ4n) is 2.18. The Morgan fingerprint density at radius 1 is 1.21 bits per heavy atom. The number of nitrogens with zero attached hydrogens (tertiary/aromatic N) is 2. The van der Waals surface area contributed by atoms with Crippen LogP contribution in [0.4, 0.5) is 13.2 Å². The van der Waals surface area contributed by atoms with E-state index in [0.717, 1.165) is 17.0 Å². The lowest BCUT2D eigenvalue weighted by atomic mass is 10.1. The molecule has 0 aliphatic carbocycles. The van der Waals surface area contributed by atoms with Crippen LogP contribution in [0.15, 0.2) is 29.3 Å². The van der Waals surface area contributed by atoms with Crippen LogP contribution in [0, 0.1) is 0 Å². The standard InChI is InChI=1S/C16H24ClF3N4/c1-21-15(22-9-5-11-24(2)12-16(18,19)20)23-10-8-13-6-3-4-7-14(13)17/h3-4,6-7H,5,8-12H2,1-2H3,(H2,21,22,23). The fraction of sp³-hybridized carbons (Fsp3) is 0.562. The first-order chi connectivity index (χ1) is 11.3. The molecule has 0 fully saturated rings. The van der Waals surface area contributed by atoms with E-state index in [9.17, 15) is 13.2 Å². The lowest BCUT2D eigenvalue weighted by Gasteiger charge is -2.19. The van der Waals surface area contributed by atoms with Gasteiger partial charge in [0.05, 0.1) is 6.54 Å². The highest BCUT2D eigenvalue weighted by atomic mass is 35.5. The van der Waals surface area contributed by atoms with Gasteiger partial charge in [-0.25, -0.2) is 0 Å². The van der Waals surface area contributed by atoms with Crippen molar-refractivity contribution in [1.82, 2.24) is 15.5 Å². The fourth-order valence-corrected chi connectivity index (χ4v) is 2.41. The molecule has 4 nitrogen and oxygen atoms in total. The van der Waals surface area contributed by atoms with Crippen molar-refractivity contribution in [1.29, 1.82) is 0 Å². The summed E-state index contributed by atoms with van der Waals surface area (Å²) in [6.45, 7) is 0.687. The van der Waals surface area contributed by atoms with Gasteiger partial charge in [-0.05, 0) is 38.1 Å². The van der Waals surface area contributed by atoms with E-state index in [2.05, 4.69) is 15.6 Å². The predicted molar refractivity (Wildman–Crippen MR) is 92.7 cm³/mol. The van der Waals surface area contributed by atoms with Gasteiger partial charge in [-0.1, -0.05) is 29.8 Å². The Labute approximate surface area is 146 Å². The van der Waals surface area contributed by atoms with Crippen molar-refractivity contribution < 1.29 is 13.2 Å². The molecule has 1 aromatic carbocycles. The maximum atomic E-state index is 12.2. The van der Waals surface area contributed by atoms with Gasteiger partial charge in [0, 0.05) is 25.2 Å². The van der Waals surface area contributed by atoms with Gasteiger partial charge in [0.25, 0.3) is 0 Å². The van der Waals surface area contributed by atoms with E-state index in [-0.39, 0.29) is 0 Å². The minimum absolute atomic E-state index is 0.364. The van der Waals surface area contributed by atoms with Crippen LogP contribution in [0.3, 0.4) is 0 Å². The molecule has 136 valence electrons. The average molecular weight is 365 g/mol. The lowest BCUT2D eigenvalue weighted by Crippen LogP contribution is -2.40. The van der Waals surface area contributed by atoms with Crippen LogP contribution in [0.25, 0.3) is 0 Å². The summed E-state index contributed by atoms with van der Waals surface area (Å²) in [4.78, 5) is 5.34. The summed E-state index contributed by atoms with van der Waals surface area (Å²) in [7, 11) is 3.12. The van der Waals surface area contributed by atoms with Gasteiger partial charge in [-0.3, -0.25) is 9.89 Å². The van der Waals surface area contributed by atoms with Crippen LogP contribution in [0.1, 0.15) is 12.0 Å². The Hall–Kier alpha value is -1.47. The molecule has 2 N–H and O–H groups in total. The van der Waals surface area contributed by atoms with Crippen LogP contribution >= 0.6 is 11.6 Å². The minimum Gasteiger partial charge on any atom is -0.356 e. The number of benzene rings is 1. The van der Waals surface area contributed by atoms with Crippen molar-refractivity contribution in [2.45, 2.75) is 19.0 Å². The Bertz CT molecular complexity index is 520. The Morgan fingerprint density at radius 3 is 2.50 bits per heavy atom. The van der Waals surface area contributed by atoms with E-state index in [1.54, 1.807) is 7.05 Å². The predicted octanol–water partition coefficient (Wildman–Crippen LogP) is 2.93. The van der Waals surface area contributed by atoms with Crippen molar-refractivity contribution in [3.05, 3.63) is 34.9 Å². The Morgan fingerprint density at radius 2 is 1.88 bits per heavy atom. The summed E-state index contributed by atoms with van der Waals surface area (Å²) >= 11 is 6.09. The van der Waals surface area contributed by atoms with E-state index in [4.69, 9.17) is 11.6 Å². The van der Waals surface area contributed by atoms with Crippen molar-refractivity contribution in [2.24, 2.45) is 4.99 Å². The Balaban J connectivity index is 2.20. The van der Waals surface area contributed by atoms with Gasteiger partial charge in [0.1, 0.15) is 0 Å². The molecule has 0 atom stereocenters. The molecule has 0 spiro atoms. The quantitative estimate of drug-likeness (QED) is 0.423. The van der Waals surface area contributed by atoms with Crippen molar-refractivity contribution in [2.75, 3.05) is 40.3 Å². The highest BCUT2D eigenvalue weighted by Crippen LogP contribution is 2.15. The summed E-state index contributed by atoms with van der Waals surface area (Å²) < 4.78 is 36.6. The zero-order valence-corrected chi connectivity index (χ0v) is 14.7. The first kappa shape index (κ1) is 20.6. The summed E-state index contributed by atoms with van der Waals surface area (Å²) in [6, 6.07) is 7.64. The number of alkyl halides is 3. The zero-order valence-electron chi connectivity index (χ0n) is 14.0. The van der Waals surface area contributed by atoms with Gasteiger partial charge < -0.3 is 10.6 Å². The molecule has 8 heteroatoms. The molecule has 0 unspecified atom stereocenters. The molecule has 0 heterocycles. The number of rotatable bonds is 8. The monoisotopic (exact) mass is 364 g/mol. The van der Waals surface area contributed by atoms with Crippen LogP contribution in [0.5, 0.6) is 0 Å². The van der Waals surface area contributed by atoms with Gasteiger partial charge >= 0.3 is 6.18 Å². The average Bonchev–Trinajstić information content (AvgIpc) is 2.49. The molecule has 0 bridgehead atoms. The molecular weight excluding hydrogens is 341 g/mol. The third kappa shape index (κ3) is 8.98. The molecule has 24 heavy (non-hydrogen) atoms. The van der Waals surface area contributed by atoms with Gasteiger partial charge in [0.2, 0.25) is 0 Å². The van der Waals surface area contributed by atoms with E-state index in [1.807, 2.05) is 24.3 Å². The lowest BCUT2D eigenvalue weighted by molar-refractivity contribution is -0.143. The number of hydrogen-bond donors (Lipinski definition) is 2. The molecule has 0 aromatic heterocycles. The number of halogens is 4. The summed E-state index contributed by atoms with van der Waals surface area (Å²) in [5, 5.41) is 6.98. The smallest absolute Gasteiger partial charge is 0.356 e. The zero-order chi connectivity index (χ0) is 18.0. The largest absolute Gasteiger partial charge is 0.401 e. The SMILES string of the molecule is CN=C(NCCCN(C)CC(F)(F)F)NCCc1ccccc1Cl.